The standard InChI is InChI=1S/C44H51N3O2/c1-8-33-20-14-13-19-29-46(11-4)31(6)41(33)38(42-32(7)47(12-5)40-24-18-16-22-37(40)42)30-44(39-23-17-15-21-36(39)43(48)49-44)34-25-27-35(28-26-34)45(9-2)10-3/h13-28,30,33H,8-12,29H2,1-7H3/b19-13-,20-14-,38-30-,41-31+. The van der Waals surface area contributed by atoms with Gasteiger partial charge < -0.3 is 19.1 Å². The zero-order valence-corrected chi connectivity index (χ0v) is 30.3. The highest BCUT2D eigenvalue weighted by Crippen LogP contribution is 2.49. The lowest BCUT2D eigenvalue weighted by molar-refractivity contribution is 0.0276. The van der Waals surface area contributed by atoms with Crippen molar-refractivity contribution in [2.75, 3.05) is 31.1 Å². The van der Waals surface area contributed by atoms with E-state index < -0.39 is 5.60 Å². The topological polar surface area (TPSA) is 37.7 Å². The highest BCUT2D eigenvalue weighted by molar-refractivity contribution is 6.01. The predicted molar refractivity (Wildman–Crippen MR) is 205 cm³/mol. The van der Waals surface area contributed by atoms with Gasteiger partial charge in [-0.05, 0) is 89.5 Å². The van der Waals surface area contributed by atoms with E-state index in [0.717, 1.165) is 61.5 Å². The van der Waals surface area contributed by atoms with E-state index in [2.05, 4.69) is 148 Å². The molecule has 0 N–H and O–H groups in total. The molecule has 0 amide bonds. The van der Waals surface area contributed by atoms with E-state index in [0.29, 0.717) is 5.56 Å². The monoisotopic (exact) mass is 653 g/mol. The number of para-hydroxylation sites is 1. The summed E-state index contributed by atoms with van der Waals surface area (Å²) in [5.41, 5.74) is 9.71. The lowest BCUT2D eigenvalue weighted by Crippen LogP contribution is -2.28. The number of hydrogen-bond donors (Lipinski definition) is 0. The summed E-state index contributed by atoms with van der Waals surface area (Å²) in [6, 6.07) is 25.3. The number of carbonyl (C=O) groups excluding carboxylic acids is 1. The Morgan fingerprint density at radius 3 is 2.31 bits per heavy atom. The Kier molecular flexibility index (Phi) is 10.0. The fourth-order valence-corrected chi connectivity index (χ4v) is 8.06. The third kappa shape index (κ3) is 5.94. The first kappa shape index (κ1) is 34.1. The summed E-state index contributed by atoms with van der Waals surface area (Å²) in [4.78, 5) is 18.7. The van der Waals surface area contributed by atoms with Crippen LogP contribution in [0.1, 0.15) is 80.7 Å². The molecule has 0 saturated carbocycles. The highest BCUT2D eigenvalue weighted by atomic mass is 16.6. The number of cyclic esters (lactones) is 1. The van der Waals surface area contributed by atoms with Crippen molar-refractivity contribution >= 4 is 28.1 Å². The van der Waals surface area contributed by atoms with Gasteiger partial charge in [-0.1, -0.05) is 79.8 Å². The summed E-state index contributed by atoms with van der Waals surface area (Å²) in [7, 11) is 0. The van der Waals surface area contributed by atoms with Crippen molar-refractivity contribution in [2.45, 2.75) is 67.0 Å². The Morgan fingerprint density at radius 2 is 1.61 bits per heavy atom. The number of hydrogen-bond acceptors (Lipinski definition) is 4. The molecule has 0 aliphatic carbocycles. The third-order valence-electron chi connectivity index (χ3n) is 10.7. The summed E-state index contributed by atoms with van der Waals surface area (Å²) < 4.78 is 9.14. The van der Waals surface area contributed by atoms with Gasteiger partial charge in [-0.3, -0.25) is 0 Å². The van der Waals surface area contributed by atoms with Gasteiger partial charge in [0.25, 0.3) is 0 Å². The van der Waals surface area contributed by atoms with Crippen LogP contribution < -0.4 is 4.90 Å². The van der Waals surface area contributed by atoms with Crippen LogP contribution in [-0.4, -0.2) is 41.6 Å². The number of likely N-dealkylation sites (N-methyl/N-ethyl adjacent to an activating group) is 1. The molecule has 0 bridgehead atoms. The SMILES string of the molecule is CCC1/C=C\C=C/CN(CC)/C(C)=C1/C(=C/C1(c2ccc(N(CC)CC)cc2)OC(=O)c2ccccc21)c1c(C)n(CC)c2ccccc12. The van der Waals surface area contributed by atoms with E-state index in [1.165, 1.54) is 33.4 Å². The molecule has 0 saturated heterocycles. The minimum Gasteiger partial charge on any atom is -0.441 e. The van der Waals surface area contributed by atoms with Crippen molar-refractivity contribution in [3.05, 3.63) is 142 Å². The maximum absolute atomic E-state index is 13.9. The van der Waals surface area contributed by atoms with Crippen LogP contribution in [0, 0.1) is 12.8 Å². The molecule has 2 aliphatic heterocycles. The second-order valence-corrected chi connectivity index (χ2v) is 13.0. The predicted octanol–water partition coefficient (Wildman–Crippen LogP) is 10.1. The molecule has 3 aromatic carbocycles. The van der Waals surface area contributed by atoms with Crippen molar-refractivity contribution in [1.29, 1.82) is 0 Å². The van der Waals surface area contributed by atoms with Crippen molar-refractivity contribution in [2.24, 2.45) is 5.92 Å². The Morgan fingerprint density at radius 1 is 0.898 bits per heavy atom. The molecule has 6 rings (SSSR count). The summed E-state index contributed by atoms with van der Waals surface area (Å²) in [5.74, 6) is -0.154. The van der Waals surface area contributed by atoms with Gasteiger partial charge in [-0.2, -0.15) is 0 Å². The summed E-state index contributed by atoms with van der Waals surface area (Å²) >= 11 is 0. The number of anilines is 1. The van der Waals surface area contributed by atoms with E-state index in [9.17, 15) is 4.79 Å². The van der Waals surface area contributed by atoms with E-state index in [-0.39, 0.29) is 11.9 Å². The molecule has 2 aliphatic rings. The first-order valence-corrected chi connectivity index (χ1v) is 18.1. The molecule has 5 nitrogen and oxygen atoms in total. The lowest BCUT2D eigenvalue weighted by atomic mass is 9.77. The fourth-order valence-electron chi connectivity index (χ4n) is 8.06. The van der Waals surface area contributed by atoms with Gasteiger partial charge in [-0.25, -0.2) is 4.79 Å². The molecule has 1 aromatic heterocycles. The first-order chi connectivity index (χ1) is 23.8. The van der Waals surface area contributed by atoms with Crippen LogP contribution in [0.4, 0.5) is 5.69 Å². The van der Waals surface area contributed by atoms with Gasteiger partial charge >= 0.3 is 5.97 Å². The van der Waals surface area contributed by atoms with Crippen molar-refractivity contribution in [1.82, 2.24) is 9.47 Å². The van der Waals surface area contributed by atoms with Gasteiger partial charge in [0.15, 0.2) is 5.60 Å². The largest absolute Gasteiger partial charge is 0.441 e. The van der Waals surface area contributed by atoms with Crippen LogP contribution in [0.5, 0.6) is 0 Å². The second kappa shape index (κ2) is 14.4. The average molecular weight is 654 g/mol. The van der Waals surface area contributed by atoms with E-state index in [4.69, 9.17) is 4.74 Å². The molecule has 3 heterocycles. The summed E-state index contributed by atoms with van der Waals surface area (Å²) in [5, 5.41) is 1.21. The molecule has 2 unspecified atom stereocenters. The molecular formula is C44H51N3O2. The van der Waals surface area contributed by atoms with Crippen LogP contribution in [0.15, 0.2) is 114 Å². The Balaban J connectivity index is 1.76. The van der Waals surface area contributed by atoms with Gasteiger partial charge in [0, 0.05) is 83.3 Å². The molecule has 2 atom stereocenters. The minimum atomic E-state index is -1.13. The molecule has 0 fully saturated rings. The maximum Gasteiger partial charge on any atom is 0.340 e. The minimum absolute atomic E-state index is 0.139. The van der Waals surface area contributed by atoms with Crippen LogP contribution in [-0.2, 0) is 16.9 Å². The second-order valence-electron chi connectivity index (χ2n) is 13.0. The number of aryl methyl sites for hydroxylation is 1. The maximum atomic E-state index is 13.9. The number of rotatable bonds is 10. The third-order valence-corrected chi connectivity index (χ3v) is 10.7. The van der Waals surface area contributed by atoms with Crippen LogP contribution in [0.2, 0.25) is 0 Å². The fraction of sp³-hybridized carbons (Fsp3) is 0.341. The molecule has 49 heavy (non-hydrogen) atoms. The van der Waals surface area contributed by atoms with Crippen molar-refractivity contribution in [3.8, 4) is 0 Å². The lowest BCUT2D eigenvalue weighted by Gasteiger charge is -2.33. The first-order valence-electron chi connectivity index (χ1n) is 18.1. The Hall–Kier alpha value is -4.77. The zero-order valence-electron chi connectivity index (χ0n) is 30.3. The Labute approximate surface area is 292 Å². The zero-order chi connectivity index (χ0) is 34.7. The number of benzene rings is 3. The van der Waals surface area contributed by atoms with Crippen molar-refractivity contribution in [3.63, 3.8) is 0 Å². The number of esters is 1. The number of ether oxygens (including phenoxy) is 1. The number of fused-ring (bicyclic) bond motifs is 2. The summed E-state index contributed by atoms with van der Waals surface area (Å²) in [6.07, 6.45) is 12.2. The van der Waals surface area contributed by atoms with E-state index in [1.54, 1.807) is 0 Å². The van der Waals surface area contributed by atoms with Gasteiger partial charge in [0.2, 0.25) is 0 Å². The molecule has 254 valence electrons. The van der Waals surface area contributed by atoms with Gasteiger partial charge in [-0.15, -0.1) is 0 Å². The smallest absolute Gasteiger partial charge is 0.340 e. The average Bonchev–Trinajstić information content (AvgIpc) is 3.60. The van der Waals surface area contributed by atoms with E-state index in [1.807, 2.05) is 18.2 Å². The van der Waals surface area contributed by atoms with Crippen molar-refractivity contribution < 1.29 is 9.53 Å². The molecular weight excluding hydrogens is 603 g/mol. The van der Waals surface area contributed by atoms with Crippen LogP contribution >= 0.6 is 0 Å². The number of carbonyl (C=O) groups is 1. The quantitative estimate of drug-likeness (QED) is 0.160. The summed E-state index contributed by atoms with van der Waals surface area (Å²) in [6.45, 7) is 20.0. The van der Waals surface area contributed by atoms with E-state index >= 15 is 0 Å². The normalized spacial score (nSPS) is 22.3. The number of nitrogens with zero attached hydrogens (tertiary/aromatic N) is 3. The highest BCUT2D eigenvalue weighted by Gasteiger charge is 2.46. The molecule has 4 aromatic rings. The number of allylic oxidation sites excluding steroid dienone is 6. The molecule has 0 radical (unpaired) electrons. The van der Waals surface area contributed by atoms with Crippen LogP contribution in [0.25, 0.3) is 16.5 Å². The Bertz CT molecular complexity index is 1950. The van der Waals surface area contributed by atoms with Gasteiger partial charge in [0.1, 0.15) is 0 Å². The molecule has 0 spiro atoms. The number of aromatic nitrogens is 1. The van der Waals surface area contributed by atoms with Crippen LogP contribution in [0.3, 0.4) is 0 Å². The van der Waals surface area contributed by atoms with Gasteiger partial charge in [0.05, 0.1) is 5.56 Å². The molecule has 5 heteroatoms.